The molecule has 11 heteroatoms. The minimum Gasteiger partial charge on any atom is -0.497 e. The summed E-state index contributed by atoms with van der Waals surface area (Å²) in [7, 11) is 1.61. The van der Waals surface area contributed by atoms with Crippen LogP contribution in [0.3, 0.4) is 0 Å². The zero-order chi connectivity index (χ0) is 20.6. The molecule has 2 aromatic heterocycles. The lowest BCUT2D eigenvalue weighted by atomic mass is 10.3. The van der Waals surface area contributed by atoms with Gasteiger partial charge in [-0.25, -0.2) is 0 Å². The Morgan fingerprint density at radius 1 is 1.31 bits per heavy atom. The Kier molecular flexibility index (Phi) is 7.19. The number of rotatable bonds is 10. The van der Waals surface area contributed by atoms with Crippen molar-refractivity contribution in [3.05, 3.63) is 48.3 Å². The maximum Gasteiger partial charge on any atom is 0.236 e. The highest BCUT2D eigenvalue weighted by Crippen LogP contribution is 2.26. The van der Waals surface area contributed by atoms with E-state index in [1.54, 1.807) is 18.7 Å². The number of hydrogen-bond acceptors (Lipinski definition) is 9. The maximum atomic E-state index is 12.1. The lowest BCUT2D eigenvalue weighted by Gasteiger charge is -2.16. The number of ether oxygens (including phenoxy) is 2. The molecule has 9 nitrogen and oxygen atoms in total. The average molecular weight is 433 g/mol. The molecule has 1 atom stereocenters. The summed E-state index contributed by atoms with van der Waals surface area (Å²) in [5, 5.41) is 19.7. The fourth-order valence-corrected chi connectivity index (χ4v) is 3.65. The van der Waals surface area contributed by atoms with Gasteiger partial charge in [0.15, 0.2) is 17.1 Å². The summed E-state index contributed by atoms with van der Waals surface area (Å²) >= 11 is 2.54. The Morgan fingerprint density at radius 3 is 2.72 bits per heavy atom. The number of thioether (sulfide) groups is 1. The van der Waals surface area contributed by atoms with Crippen molar-refractivity contribution in [3.63, 3.8) is 0 Å². The van der Waals surface area contributed by atoms with E-state index in [9.17, 15) is 4.79 Å². The molecule has 0 aliphatic rings. The number of aromatic nitrogens is 5. The molecule has 2 heterocycles. The van der Waals surface area contributed by atoms with Crippen LogP contribution in [0.25, 0.3) is 0 Å². The smallest absolute Gasteiger partial charge is 0.236 e. The Morgan fingerprint density at radius 2 is 2.07 bits per heavy atom. The monoisotopic (exact) mass is 432 g/mol. The van der Waals surface area contributed by atoms with Crippen molar-refractivity contribution in [2.24, 2.45) is 0 Å². The molecule has 152 valence electrons. The van der Waals surface area contributed by atoms with Gasteiger partial charge in [0.05, 0.1) is 12.9 Å². The van der Waals surface area contributed by atoms with Crippen LogP contribution in [0, 0.1) is 0 Å². The van der Waals surface area contributed by atoms with Crippen molar-refractivity contribution in [2.75, 3.05) is 18.2 Å². The van der Waals surface area contributed by atoms with E-state index in [1.807, 2.05) is 35.8 Å². The molecule has 0 fully saturated rings. The summed E-state index contributed by atoms with van der Waals surface area (Å²) < 4.78 is 13.0. The zero-order valence-corrected chi connectivity index (χ0v) is 17.6. The first-order valence-corrected chi connectivity index (χ1v) is 10.5. The number of carbonyl (C=O) groups excluding carboxylic acids is 1. The van der Waals surface area contributed by atoms with Gasteiger partial charge in [-0.3, -0.25) is 14.7 Å². The van der Waals surface area contributed by atoms with E-state index in [1.165, 1.54) is 23.1 Å². The van der Waals surface area contributed by atoms with Gasteiger partial charge < -0.3 is 9.47 Å². The van der Waals surface area contributed by atoms with Gasteiger partial charge in [-0.05, 0) is 31.2 Å². The van der Waals surface area contributed by atoms with Gasteiger partial charge in [-0.15, -0.1) is 27.0 Å². The number of hydrogen-bond donors (Lipinski definition) is 1. The topological polar surface area (TPSA) is 104 Å². The summed E-state index contributed by atoms with van der Waals surface area (Å²) in [5.74, 6) is 2.07. The second-order valence-electron chi connectivity index (χ2n) is 5.76. The first kappa shape index (κ1) is 20.8. The summed E-state index contributed by atoms with van der Waals surface area (Å²) in [6.07, 6.45) is 1.40. The lowest BCUT2D eigenvalue weighted by Crippen LogP contribution is -2.15. The predicted molar refractivity (Wildman–Crippen MR) is 112 cm³/mol. The van der Waals surface area contributed by atoms with Crippen LogP contribution in [0.1, 0.15) is 18.9 Å². The average Bonchev–Trinajstić information content (AvgIpc) is 3.37. The predicted octanol–water partition coefficient (Wildman–Crippen LogP) is 3.20. The van der Waals surface area contributed by atoms with Crippen LogP contribution in [-0.2, 0) is 11.3 Å². The van der Waals surface area contributed by atoms with E-state index < -0.39 is 0 Å². The number of carbonyl (C=O) groups is 1. The number of nitrogens with zero attached hydrogens (tertiary/aromatic N) is 5. The van der Waals surface area contributed by atoms with Gasteiger partial charge in [0.1, 0.15) is 17.0 Å². The SMILES string of the molecule is C=CCn1c(SCC(=O)Nc2nncs2)nnc1C(C)Oc1ccc(OC)cc1. The normalized spacial score (nSPS) is 11.7. The largest absolute Gasteiger partial charge is 0.497 e. The fourth-order valence-electron chi connectivity index (χ4n) is 2.43. The van der Waals surface area contributed by atoms with Crippen molar-refractivity contribution in [2.45, 2.75) is 24.7 Å². The molecule has 1 aromatic carbocycles. The molecule has 29 heavy (non-hydrogen) atoms. The van der Waals surface area contributed by atoms with Crippen LogP contribution in [0.5, 0.6) is 11.5 Å². The van der Waals surface area contributed by atoms with Gasteiger partial charge in [-0.2, -0.15) is 0 Å². The molecule has 3 rings (SSSR count). The third-order valence-corrected chi connectivity index (χ3v) is 5.31. The molecule has 1 unspecified atom stereocenters. The van der Waals surface area contributed by atoms with Crippen LogP contribution >= 0.6 is 23.1 Å². The lowest BCUT2D eigenvalue weighted by molar-refractivity contribution is -0.113. The van der Waals surface area contributed by atoms with Gasteiger partial charge in [0.25, 0.3) is 0 Å². The summed E-state index contributed by atoms with van der Waals surface area (Å²) in [6, 6.07) is 7.32. The third-order valence-electron chi connectivity index (χ3n) is 3.73. The molecule has 3 aromatic rings. The molecule has 0 radical (unpaired) electrons. The van der Waals surface area contributed by atoms with Gasteiger partial charge >= 0.3 is 0 Å². The molecular weight excluding hydrogens is 412 g/mol. The minimum atomic E-state index is -0.347. The van der Waals surface area contributed by atoms with Crippen molar-refractivity contribution in [1.29, 1.82) is 0 Å². The van der Waals surface area contributed by atoms with E-state index in [0.29, 0.717) is 28.4 Å². The Labute approximate surface area is 176 Å². The van der Waals surface area contributed by atoms with Crippen LogP contribution in [0.2, 0.25) is 0 Å². The quantitative estimate of drug-likeness (QED) is 0.385. The van der Waals surface area contributed by atoms with Crippen LogP contribution < -0.4 is 14.8 Å². The highest BCUT2D eigenvalue weighted by Gasteiger charge is 2.20. The molecule has 0 bridgehead atoms. The maximum absolute atomic E-state index is 12.1. The van der Waals surface area contributed by atoms with Crippen LogP contribution in [0.15, 0.2) is 47.6 Å². The molecule has 1 N–H and O–H groups in total. The number of allylic oxidation sites excluding steroid dienone is 1. The standard InChI is InChI=1S/C18H20N6O3S2/c1-4-9-24-16(12(2)27-14-7-5-13(26-3)6-8-14)21-23-18(24)28-10-15(25)20-17-22-19-11-29-17/h4-8,11-12H,1,9-10H2,2-3H3,(H,20,22,25). The number of anilines is 1. The third kappa shape index (κ3) is 5.55. The van der Waals surface area contributed by atoms with E-state index >= 15 is 0 Å². The van der Waals surface area contributed by atoms with E-state index in [4.69, 9.17) is 9.47 Å². The second kappa shape index (κ2) is 10.0. The molecular formula is C18H20N6O3S2. The summed E-state index contributed by atoms with van der Waals surface area (Å²) in [5.41, 5.74) is 1.56. The Hall–Kier alpha value is -2.92. The molecule has 0 saturated heterocycles. The fraction of sp³-hybridized carbons (Fsp3) is 0.278. The van der Waals surface area contributed by atoms with E-state index in [-0.39, 0.29) is 17.8 Å². The minimum absolute atomic E-state index is 0.169. The summed E-state index contributed by atoms with van der Waals surface area (Å²) in [4.78, 5) is 12.1. The van der Waals surface area contributed by atoms with Gasteiger partial charge in [0.2, 0.25) is 11.0 Å². The molecule has 0 saturated carbocycles. The Bertz CT molecular complexity index is 943. The van der Waals surface area contributed by atoms with E-state index in [2.05, 4.69) is 32.3 Å². The highest BCUT2D eigenvalue weighted by atomic mass is 32.2. The first-order valence-electron chi connectivity index (χ1n) is 8.64. The van der Waals surface area contributed by atoms with Gasteiger partial charge in [0, 0.05) is 6.54 Å². The van der Waals surface area contributed by atoms with E-state index in [0.717, 1.165) is 5.75 Å². The van der Waals surface area contributed by atoms with Crippen molar-refractivity contribution >= 4 is 34.1 Å². The molecule has 1 amide bonds. The van der Waals surface area contributed by atoms with Crippen LogP contribution in [-0.4, -0.2) is 43.7 Å². The number of methoxy groups -OCH3 is 1. The van der Waals surface area contributed by atoms with Crippen molar-refractivity contribution in [1.82, 2.24) is 25.0 Å². The number of benzene rings is 1. The zero-order valence-electron chi connectivity index (χ0n) is 15.9. The number of nitrogens with one attached hydrogen (secondary N) is 1. The molecule has 0 spiro atoms. The van der Waals surface area contributed by atoms with Crippen molar-refractivity contribution < 1.29 is 14.3 Å². The molecule has 0 aliphatic heterocycles. The second-order valence-corrected chi connectivity index (χ2v) is 7.53. The number of amides is 1. The Balaban J connectivity index is 1.66. The first-order chi connectivity index (χ1) is 14.1. The highest BCUT2D eigenvalue weighted by molar-refractivity contribution is 7.99. The molecule has 0 aliphatic carbocycles. The van der Waals surface area contributed by atoms with Gasteiger partial charge in [-0.1, -0.05) is 29.2 Å². The van der Waals surface area contributed by atoms with Crippen molar-refractivity contribution in [3.8, 4) is 11.5 Å². The summed E-state index contributed by atoms with van der Waals surface area (Å²) in [6.45, 7) is 6.18. The van der Waals surface area contributed by atoms with Crippen LogP contribution in [0.4, 0.5) is 5.13 Å².